The number of anilines is 2. The van der Waals surface area contributed by atoms with Gasteiger partial charge in [-0.3, -0.25) is 4.79 Å². The highest BCUT2D eigenvalue weighted by Crippen LogP contribution is 2.24. The maximum absolute atomic E-state index is 12.4. The van der Waals surface area contributed by atoms with E-state index in [1.54, 1.807) is 6.92 Å². The van der Waals surface area contributed by atoms with E-state index in [9.17, 15) is 13.2 Å². The van der Waals surface area contributed by atoms with Crippen molar-refractivity contribution in [2.75, 3.05) is 49.5 Å². The molecule has 10 heteroatoms. The van der Waals surface area contributed by atoms with Crippen molar-refractivity contribution in [2.24, 2.45) is 0 Å². The minimum Gasteiger partial charge on any atom is -0.369 e. The molecule has 0 radical (unpaired) electrons. The first-order valence-electron chi connectivity index (χ1n) is 10.5. The maximum atomic E-state index is 12.4. The summed E-state index contributed by atoms with van der Waals surface area (Å²) in [7, 11) is -3.77. The molecule has 1 aliphatic heterocycles. The summed E-state index contributed by atoms with van der Waals surface area (Å²) < 4.78 is 32.2. The highest BCUT2D eigenvalue weighted by atomic mass is 32.2. The lowest BCUT2D eigenvalue weighted by molar-refractivity contribution is -0.116. The second-order valence-corrected chi connectivity index (χ2v) is 9.47. The Labute approximate surface area is 183 Å². The van der Waals surface area contributed by atoms with Crippen LogP contribution in [0.3, 0.4) is 0 Å². The number of aryl methyl sites for hydroxylation is 3. The molecule has 1 saturated heterocycles. The summed E-state index contributed by atoms with van der Waals surface area (Å²) in [6.07, 6.45) is 0.0166. The van der Waals surface area contributed by atoms with Crippen molar-refractivity contribution in [2.45, 2.75) is 39.0 Å². The van der Waals surface area contributed by atoms with Gasteiger partial charge in [-0.05, 0) is 51.1 Å². The van der Waals surface area contributed by atoms with Crippen LogP contribution in [0, 0.1) is 20.8 Å². The summed E-state index contributed by atoms with van der Waals surface area (Å²) in [5.41, 5.74) is 3.15. The van der Waals surface area contributed by atoms with E-state index >= 15 is 0 Å². The summed E-state index contributed by atoms with van der Waals surface area (Å²) in [4.78, 5) is 17.1. The van der Waals surface area contributed by atoms with E-state index in [4.69, 9.17) is 4.52 Å². The first kappa shape index (κ1) is 23.2. The molecule has 1 fully saturated rings. The fourth-order valence-electron chi connectivity index (χ4n) is 3.75. The van der Waals surface area contributed by atoms with Gasteiger partial charge in [-0.15, -0.1) is 0 Å². The van der Waals surface area contributed by atoms with E-state index in [0.29, 0.717) is 5.69 Å². The number of carbonyl (C=O) groups is 1. The molecule has 31 heavy (non-hydrogen) atoms. The van der Waals surface area contributed by atoms with Crippen LogP contribution in [0.1, 0.15) is 30.4 Å². The monoisotopic (exact) mass is 449 g/mol. The Hall–Kier alpha value is -2.43. The van der Waals surface area contributed by atoms with Gasteiger partial charge >= 0.3 is 0 Å². The number of hydrogen-bond donors (Lipinski definition) is 2. The van der Waals surface area contributed by atoms with Gasteiger partial charge in [-0.1, -0.05) is 12.1 Å². The predicted molar refractivity (Wildman–Crippen MR) is 120 cm³/mol. The summed E-state index contributed by atoms with van der Waals surface area (Å²) in [6.45, 7) is 12.4. The van der Waals surface area contributed by atoms with Gasteiger partial charge in [0, 0.05) is 50.5 Å². The Morgan fingerprint density at radius 3 is 2.45 bits per heavy atom. The molecule has 0 bridgehead atoms. The Morgan fingerprint density at radius 1 is 1.16 bits per heavy atom. The van der Waals surface area contributed by atoms with Crippen molar-refractivity contribution >= 4 is 27.3 Å². The highest BCUT2D eigenvalue weighted by molar-refractivity contribution is 7.89. The molecule has 0 spiro atoms. The van der Waals surface area contributed by atoms with E-state index in [0.717, 1.165) is 49.7 Å². The fraction of sp³-hybridized carbons (Fsp3) is 0.524. The van der Waals surface area contributed by atoms with Crippen LogP contribution >= 0.6 is 0 Å². The quantitative estimate of drug-likeness (QED) is 0.635. The predicted octanol–water partition coefficient (Wildman–Crippen LogP) is 2.05. The molecule has 170 valence electrons. The molecule has 1 aromatic heterocycles. The first-order valence-corrected chi connectivity index (χ1v) is 12.0. The van der Waals surface area contributed by atoms with Crippen molar-refractivity contribution in [3.63, 3.8) is 0 Å². The molecule has 1 amide bonds. The van der Waals surface area contributed by atoms with Crippen molar-refractivity contribution < 1.29 is 17.7 Å². The number of carbonyl (C=O) groups excluding carboxylic acids is 1. The van der Waals surface area contributed by atoms with Crippen molar-refractivity contribution in [3.8, 4) is 0 Å². The van der Waals surface area contributed by atoms with Crippen LogP contribution in [0.4, 0.5) is 11.4 Å². The molecule has 9 nitrogen and oxygen atoms in total. The molecule has 0 aliphatic carbocycles. The molecule has 2 heterocycles. The molecule has 3 rings (SSSR count). The zero-order chi connectivity index (χ0) is 22.6. The highest BCUT2D eigenvalue weighted by Gasteiger charge is 2.24. The van der Waals surface area contributed by atoms with Gasteiger partial charge in [-0.2, -0.15) is 0 Å². The largest absolute Gasteiger partial charge is 0.369 e. The third kappa shape index (κ3) is 5.63. The molecule has 0 saturated carbocycles. The number of amides is 1. The Balaban J connectivity index is 1.52. The maximum Gasteiger partial charge on any atom is 0.245 e. The van der Waals surface area contributed by atoms with Gasteiger partial charge in [-0.25, -0.2) is 13.1 Å². The standard InChI is InChI=1S/C21H31N5O4S/c1-5-25-10-12-26(13-11-25)18-6-7-19(15(2)14-18)23-20(27)8-9-22-31(28,29)21-16(3)24-30-17(21)4/h6-7,14,22H,5,8-13H2,1-4H3,(H,23,27). The van der Waals surface area contributed by atoms with Crippen LogP contribution in [0.25, 0.3) is 0 Å². The Morgan fingerprint density at radius 2 is 1.87 bits per heavy atom. The number of sulfonamides is 1. The second kappa shape index (κ2) is 9.80. The van der Waals surface area contributed by atoms with Gasteiger partial charge < -0.3 is 19.6 Å². The molecule has 2 aromatic rings. The normalized spacial score (nSPS) is 15.3. The van der Waals surface area contributed by atoms with Crippen molar-refractivity contribution in [3.05, 3.63) is 35.2 Å². The molecular formula is C21H31N5O4S. The Bertz CT molecular complexity index is 1010. The van der Waals surface area contributed by atoms with Gasteiger partial charge in [0.1, 0.15) is 10.6 Å². The lowest BCUT2D eigenvalue weighted by Gasteiger charge is -2.35. The fourth-order valence-corrected chi connectivity index (χ4v) is 5.11. The van der Waals surface area contributed by atoms with Crippen LogP contribution in [-0.4, -0.2) is 63.7 Å². The SMILES string of the molecule is CCN1CCN(c2ccc(NC(=O)CCNS(=O)(=O)c3c(C)noc3C)c(C)c2)CC1. The number of hydrogen-bond acceptors (Lipinski definition) is 7. The van der Waals surface area contributed by atoms with E-state index in [1.165, 1.54) is 6.92 Å². The number of nitrogens with zero attached hydrogens (tertiary/aromatic N) is 3. The molecule has 1 aromatic carbocycles. The average Bonchev–Trinajstić information content (AvgIpc) is 3.08. The zero-order valence-electron chi connectivity index (χ0n) is 18.6. The third-order valence-electron chi connectivity index (χ3n) is 5.55. The number of aromatic nitrogens is 1. The Kier molecular flexibility index (Phi) is 7.34. The summed E-state index contributed by atoms with van der Waals surface area (Å²) in [6, 6.07) is 6.00. The van der Waals surface area contributed by atoms with Crippen LogP contribution in [-0.2, 0) is 14.8 Å². The molecule has 2 N–H and O–H groups in total. The summed E-state index contributed by atoms with van der Waals surface area (Å²) >= 11 is 0. The molecular weight excluding hydrogens is 418 g/mol. The van der Waals surface area contributed by atoms with E-state index in [2.05, 4.69) is 38.0 Å². The van der Waals surface area contributed by atoms with Crippen LogP contribution in [0.15, 0.2) is 27.6 Å². The third-order valence-corrected chi connectivity index (χ3v) is 7.25. The average molecular weight is 450 g/mol. The first-order chi connectivity index (χ1) is 14.7. The molecule has 1 aliphatic rings. The number of nitrogens with one attached hydrogen (secondary N) is 2. The summed E-state index contributed by atoms with van der Waals surface area (Å²) in [5.74, 6) is -0.0323. The second-order valence-electron chi connectivity index (χ2n) is 7.77. The van der Waals surface area contributed by atoms with E-state index in [-0.39, 0.29) is 29.5 Å². The van der Waals surface area contributed by atoms with Crippen molar-refractivity contribution in [1.82, 2.24) is 14.8 Å². The smallest absolute Gasteiger partial charge is 0.245 e. The lowest BCUT2D eigenvalue weighted by Crippen LogP contribution is -2.46. The lowest BCUT2D eigenvalue weighted by atomic mass is 10.1. The number of rotatable bonds is 8. The van der Waals surface area contributed by atoms with Crippen LogP contribution in [0.2, 0.25) is 0 Å². The molecule has 0 unspecified atom stereocenters. The van der Waals surface area contributed by atoms with Gasteiger partial charge in [0.2, 0.25) is 15.9 Å². The van der Waals surface area contributed by atoms with Gasteiger partial charge in [0.05, 0.1) is 0 Å². The molecule has 0 atom stereocenters. The van der Waals surface area contributed by atoms with Crippen LogP contribution < -0.4 is 14.9 Å². The number of likely N-dealkylation sites (N-methyl/N-ethyl adjacent to an activating group) is 1. The minimum absolute atomic E-state index is 0.0166. The number of benzene rings is 1. The van der Waals surface area contributed by atoms with E-state index in [1.807, 2.05) is 19.1 Å². The van der Waals surface area contributed by atoms with Crippen LogP contribution in [0.5, 0.6) is 0 Å². The van der Waals surface area contributed by atoms with Gasteiger partial charge in [0.15, 0.2) is 5.76 Å². The topological polar surface area (TPSA) is 108 Å². The summed E-state index contributed by atoms with van der Waals surface area (Å²) in [5, 5.41) is 6.53. The van der Waals surface area contributed by atoms with Crippen molar-refractivity contribution in [1.29, 1.82) is 0 Å². The number of piperazine rings is 1. The minimum atomic E-state index is -3.77. The van der Waals surface area contributed by atoms with E-state index < -0.39 is 10.0 Å². The van der Waals surface area contributed by atoms with Gasteiger partial charge in [0.25, 0.3) is 0 Å². The zero-order valence-corrected chi connectivity index (χ0v) is 19.4.